The molecule has 3 atom stereocenters. The number of fused-ring (bicyclic) bond motifs is 1. The van der Waals surface area contributed by atoms with Gasteiger partial charge in [0.1, 0.15) is 5.78 Å². The molecule has 0 amide bonds. The Kier molecular flexibility index (Phi) is 5.84. The summed E-state index contributed by atoms with van der Waals surface area (Å²) in [5, 5.41) is 15.1. The molecule has 164 valence electrons. The molecule has 3 unspecified atom stereocenters. The predicted molar refractivity (Wildman–Crippen MR) is 119 cm³/mol. The van der Waals surface area contributed by atoms with Crippen LogP contribution >= 0.6 is 11.6 Å². The Hall–Kier alpha value is -3.45. The molecule has 2 aliphatic rings. The first-order valence-electron chi connectivity index (χ1n) is 10.1. The number of nitrogens with zero attached hydrogens (tertiary/aromatic N) is 1. The second kappa shape index (κ2) is 8.59. The molecule has 0 radical (unpaired) electrons. The van der Waals surface area contributed by atoms with E-state index in [1.54, 1.807) is 25.1 Å². The highest BCUT2D eigenvalue weighted by Crippen LogP contribution is 2.47. The molecule has 0 saturated heterocycles. The highest BCUT2D eigenvalue weighted by molar-refractivity contribution is 6.31. The second-order valence-electron chi connectivity index (χ2n) is 7.88. The number of hydrogen-bond acceptors (Lipinski definition) is 6. The normalized spacial score (nSPS) is 22.5. The lowest BCUT2D eigenvalue weighted by atomic mass is 9.68. The zero-order chi connectivity index (χ0) is 23.0. The number of hydrogen-bond donors (Lipinski definition) is 1. The van der Waals surface area contributed by atoms with Crippen molar-refractivity contribution in [3.8, 4) is 0 Å². The van der Waals surface area contributed by atoms with Crippen molar-refractivity contribution < 1.29 is 19.2 Å². The van der Waals surface area contributed by atoms with Gasteiger partial charge in [-0.1, -0.05) is 48.0 Å². The SMILES string of the molecule is COC(=O)C1=C(C)NC2=CC(c3ccccc3Cl)CC(=O)C2C1c1cccc([N+](=O)[O-])c1. The van der Waals surface area contributed by atoms with Gasteiger partial charge in [0.15, 0.2) is 0 Å². The number of halogens is 1. The van der Waals surface area contributed by atoms with E-state index >= 15 is 0 Å². The highest BCUT2D eigenvalue weighted by Gasteiger charge is 2.45. The number of non-ortho nitro benzene ring substituents is 1. The molecular formula is C24H21ClN2O5. The summed E-state index contributed by atoms with van der Waals surface area (Å²) >= 11 is 6.37. The van der Waals surface area contributed by atoms with Crippen LogP contribution in [-0.4, -0.2) is 23.8 Å². The van der Waals surface area contributed by atoms with Crippen molar-refractivity contribution in [2.75, 3.05) is 7.11 Å². The highest BCUT2D eigenvalue weighted by atomic mass is 35.5. The van der Waals surface area contributed by atoms with E-state index < -0.39 is 22.7 Å². The maximum absolute atomic E-state index is 13.5. The number of esters is 1. The van der Waals surface area contributed by atoms with Gasteiger partial charge in [-0.2, -0.15) is 0 Å². The first-order chi connectivity index (χ1) is 15.3. The van der Waals surface area contributed by atoms with Crippen molar-refractivity contribution in [1.29, 1.82) is 0 Å². The number of allylic oxidation sites excluding steroid dienone is 3. The molecule has 7 nitrogen and oxygen atoms in total. The third-order valence-electron chi connectivity index (χ3n) is 6.01. The lowest BCUT2D eigenvalue weighted by molar-refractivity contribution is -0.384. The zero-order valence-corrected chi connectivity index (χ0v) is 18.3. The van der Waals surface area contributed by atoms with Gasteiger partial charge in [-0.05, 0) is 24.1 Å². The summed E-state index contributed by atoms with van der Waals surface area (Å²) in [5.74, 6) is -2.26. The maximum atomic E-state index is 13.5. The topological polar surface area (TPSA) is 98.5 Å². The van der Waals surface area contributed by atoms with E-state index in [2.05, 4.69) is 5.32 Å². The molecule has 2 aromatic rings. The number of benzene rings is 2. The summed E-state index contributed by atoms with van der Waals surface area (Å²) in [7, 11) is 1.27. The number of ether oxygens (including phenoxy) is 1. The Morgan fingerprint density at radius 3 is 2.62 bits per heavy atom. The van der Waals surface area contributed by atoms with Gasteiger partial charge in [-0.3, -0.25) is 14.9 Å². The van der Waals surface area contributed by atoms with E-state index in [1.165, 1.54) is 19.2 Å². The Morgan fingerprint density at radius 2 is 1.94 bits per heavy atom. The molecule has 8 heteroatoms. The minimum atomic E-state index is -0.699. The summed E-state index contributed by atoms with van der Waals surface area (Å²) in [4.78, 5) is 37.0. The fraction of sp³-hybridized carbons (Fsp3) is 0.250. The van der Waals surface area contributed by atoms with Gasteiger partial charge >= 0.3 is 5.97 Å². The molecule has 0 fully saturated rings. The van der Waals surface area contributed by atoms with Crippen LogP contribution in [0.2, 0.25) is 5.02 Å². The van der Waals surface area contributed by atoms with E-state index in [0.29, 0.717) is 27.6 Å². The van der Waals surface area contributed by atoms with Gasteiger partial charge in [0.25, 0.3) is 5.69 Å². The first-order valence-corrected chi connectivity index (χ1v) is 10.5. The standard InChI is InChI=1S/C24H21ClN2O5/c1-13-21(24(29)32-2)22(14-6-5-7-16(10-14)27(30)31)23-19(26-13)11-15(12-20(23)28)17-8-3-4-9-18(17)25/h3-11,15,22-23,26H,12H2,1-2H3. The van der Waals surface area contributed by atoms with Crippen molar-refractivity contribution in [1.82, 2.24) is 5.32 Å². The van der Waals surface area contributed by atoms with E-state index in [4.69, 9.17) is 16.3 Å². The minimum absolute atomic E-state index is 0.0784. The fourth-order valence-corrected chi connectivity index (χ4v) is 4.90. The molecule has 4 rings (SSSR count). The molecule has 0 saturated carbocycles. The Balaban J connectivity index is 1.87. The third kappa shape index (κ3) is 3.80. The number of rotatable bonds is 4. The van der Waals surface area contributed by atoms with Crippen LogP contribution in [0.25, 0.3) is 0 Å². The summed E-state index contributed by atoms with van der Waals surface area (Å²) < 4.78 is 4.99. The number of carbonyl (C=O) groups excluding carboxylic acids is 2. The Morgan fingerprint density at radius 1 is 1.19 bits per heavy atom. The predicted octanol–water partition coefficient (Wildman–Crippen LogP) is 4.64. The zero-order valence-electron chi connectivity index (χ0n) is 17.5. The summed E-state index contributed by atoms with van der Waals surface area (Å²) in [6.45, 7) is 1.73. The van der Waals surface area contributed by atoms with Crippen LogP contribution in [-0.2, 0) is 14.3 Å². The van der Waals surface area contributed by atoms with Gasteiger partial charge in [-0.15, -0.1) is 0 Å². The van der Waals surface area contributed by atoms with Crippen molar-refractivity contribution in [3.63, 3.8) is 0 Å². The van der Waals surface area contributed by atoms with E-state index in [9.17, 15) is 19.7 Å². The molecule has 1 heterocycles. The number of methoxy groups -OCH3 is 1. The number of carbonyl (C=O) groups is 2. The van der Waals surface area contributed by atoms with Crippen LogP contribution in [0.5, 0.6) is 0 Å². The number of nitrogens with one attached hydrogen (secondary N) is 1. The first kappa shape index (κ1) is 21.8. The summed E-state index contributed by atoms with van der Waals surface area (Å²) in [6, 6.07) is 13.4. The molecule has 1 aliphatic heterocycles. The average Bonchev–Trinajstić information content (AvgIpc) is 2.77. The molecular weight excluding hydrogens is 432 g/mol. The summed E-state index contributed by atoms with van der Waals surface area (Å²) in [5.41, 5.74) is 2.75. The van der Waals surface area contributed by atoms with E-state index in [1.807, 2.05) is 24.3 Å². The fourth-order valence-electron chi connectivity index (χ4n) is 4.62. The number of Topliss-reactive ketones (excluding diaryl/α,β-unsaturated/α-hetero) is 1. The minimum Gasteiger partial charge on any atom is -0.466 e. The number of nitro groups is 1. The maximum Gasteiger partial charge on any atom is 0.336 e. The van der Waals surface area contributed by atoms with Crippen molar-refractivity contribution >= 4 is 29.0 Å². The Bertz CT molecular complexity index is 1190. The lowest BCUT2D eigenvalue weighted by Crippen LogP contribution is -2.41. The largest absolute Gasteiger partial charge is 0.466 e. The van der Waals surface area contributed by atoms with Crippen LogP contribution in [0, 0.1) is 16.0 Å². The van der Waals surface area contributed by atoms with Crippen LogP contribution in [0.1, 0.15) is 36.3 Å². The Labute approximate surface area is 189 Å². The molecule has 32 heavy (non-hydrogen) atoms. The summed E-state index contributed by atoms with van der Waals surface area (Å²) in [6.07, 6.45) is 2.17. The molecule has 0 spiro atoms. The van der Waals surface area contributed by atoms with E-state index in [0.717, 1.165) is 5.56 Å². The molecule has 2 aromatic carbocycles. The van der Waals surface area contributed by atoms with Crippen LogP contribution in [0.4, 0.5) is 5.69 Å². The van der Waals surface area contributed by atoms with Gasteiger partial charge in [0.05, 0.1) is 23.5 Å². The number of nitro benzene ring substituents is 1. The van der Waals surface area contributed by atoms with E-state index in [-0.39, 0.29) is 23.8 Å². The second-order valence-corrected chi connectivity index (χ2v) is 8.29. The molecule has 0 bridgehead atoms. The van der Waals surface area contributed by atoms with Gasteiger partial charge in [-0.25, -0.2) is 4.79 Å². The molecule has 0 aromatic heterocycles. The monoisotopic (exact) mass is 452 g/mol. The van der Waals surface area contributed by atoms with Crippen LogP contribution in [0.15, 0.2) is 71.6 Å². The van der Waals surface area contributed by atoms with Gasteiger partial charge < -0.3 is 10.1 Å². The molecule has 1 N–H and O–H groups in total. The van der Waals surface area contributed by atoms with Gasteiger partial charge in [0.2, 0.25) is 0 Å². The van der Waals surface area contributed by atoms with Crippen LogP contribution in [0.3, 0.4) is 0 Å². The molecule has 1 aliphatic carbocycles. The third-order valence-corrected chi connectivity index (χ3v) is 6.36. The smallest absolute Gasteiger partial charge is 0.336 e. The average molecular weight is 453 g/mol. The van der Waals surface area contributed by atoms with Crippen LogP contribution < -0.4 is 5.32 Å². The quantitative estimate of drug-likeness (QED) is 0.412. The van der Waals surface area contributed by atoms with Crippen molar-refractivity contribution in [2.45, 2.75) is 25.2 Å². The van der Waals surface area contributed by atoms with Gasteiger partial charge in [0, 0.05) is 46.8 Å². The lowest BCUT2D eigenvalue weighted by Gasteiger charge is -2.39. The van der Waals surface area contributed by atoms with Crippen molar-refractivity contribution in [3.05, 3.63) is 97.8 Å². The van der Waals surface area contributed by atoms with Crippen molar-refractivity contribution in [2.24, 2.45) is 5.92 Å². The number of ketones is 1.